The summed E-state index contributed by atoms with van der Waals surface area (Å²) < 4.78 is 7.61. The first kappa shape index (κ1) is 24.7. The number of ether oxygens (including phenoxy) is 1. The minimum Gasteiger partial charge on any atom is -0.494 e. The normalized spacial score (nSPS) is 13.0. The number of rotatable bonds is 7. The van der Waals surface area contributed by atoms with Crippen LogP contribution in [0.2, 0.25) is 0 Å². The van der Waals surface area contributed by atoms with Crippen LogP contribution < -0.4 is 24.8 Å². The van der Waals surface area contributed by atoms with Crippen LogP contribution >= 0.6 is 11.3 Å². The van der Waals surface area contributed by atoms with Gasteiger partial charge in [0.15, 0.2) is 5.57 Å². The quantitative estimate of drug-likeness (QED) is 0.424. The van der Waals surface area contributed by atoms with Crippen molar-refractivity contribution in [3.63, 3.8) is 0 Å². The second kappa shape index (κ2) is 11.3. The molecule has 0 bridgehead atoms. The van der Waals surface area contributed by atoms with Crippen LogP contribution in [-0.4, -0.2) is 17.1 Å². The van der Waals surface area contributed by atoms with E-state index in [9.17, 15) is 14.9 Å². The van der Waals surface area contributed by atoms with Gasteiger partial charge in [-0.2, -0.15) is 5.26 Å². The summed E-state index contributed by atoms with van der Waals surface area (Å²) in [7, 11) is 0. The highest BCUT2D eigenvalue weighted by molar-refractivity contribution is 7.07. The summed E-state index contributed by atoms with van der Waals surface area (Å²) in [4.78, 5) is 26.7. The maximum atomic E-state index is 13.5. The van der Waals surface area contributed by atoms with Gasteiger partial charge >= 0.3 is 0 Å². The number of thiazole rings is 1. The van der Waals surface area contributed by atoms with Crippen LogP contribution in [0.5, 0.6) is 5.75 Å². The number of carbonyl (C=O) groups is 1. The van der Waals surface area contributed by atoms with Gasteiger partial charge in [0.25, 0.3) is 11.5 Å². The fraction of sp³-hybridized carbons (Fsp3) is 0.138. The zero-order valence-electron chi connectivity index (χ0n) is 20.0. The van der Waals surface area contributed by atoms with E-state index >= 15 is 0 Å². The third-order valence-electron chi connectivity index (χ3n) is 5.53. The van der Waals surface area contributed by atoms with Crippen LogP contribution in [0.4, 0.5) is 0 Å². The predicted molar refractivity (Wildman–Crippen MR) is 142 cm³/mol. The van der Waals surface area contributed by atoms with Gasteiger partial charge in [0.05, 0.1) is 22.9 Å². The van der Waals surface area contributed by atoms with Crippen molar-refractivity contribution in [2.45, 2.75) is 19.9 Å². The lowest BCUT2D eigenvalue weighted by atomic mass is 10.1. The summed E-state index contributed by atoms with van der Waals surface area (Å²) in [5, 5.41) is 12.9. The molecule has 0 fully saturated rings. The molecular weight excluding hydrogens is 470 g/mol. The van der Waals surface area contributed by atoms with Gasteiger partial charge in [0.2, 0.25) is 0 Å². The van der Waals surface area contributed by atoms with Crippen molar-refractivity contribution < 1.29 is 9.53 Å². The smallest absolute Gasteiger partial charge is 0.273 e. The topological polar surface area (TPSA) is 84.1 Å². The zero-order chi connectivity index (χ0) is 25.5. The number of nitrogens with one attached hydrogen (secondary N) is 1. The van der Waals surface area contributed by atoms with Gasteiger partial charge in [-0.25, -0.2) is 0 Å². The Morgan fingerprint density at radius 2 is 1.69 bits per heavy atom. The highest BCUT2D eigenvalue weighted by Crippen LogP contribution is 2.14. The Morgan fingerprint density at radius 1 is 1.06 bits per heavy atom. The van der Waals surface area contributed by atoms with Crippen molar-refractivity contribution >= 4 is 28.9 Å². The van der Waals surface area contributed by atoms with E-state index in [0.717, 1.165) is 28.2 Å². The molecule has 0 unspecified atom stereocenters. The number of nitriles is 1. The number of para-hydroxylation sites is 1. The molecule has 0 saturated carbocycles. The van der Waals surface area contributed by atoms with E-state index in [1.165, 1.54) is 4.57 Å². The molecule has 1 N–H and O–H groups in total. The first-order valence-electron chi connectivity index (χ1n) is 11.5. The number of nitrogens with zero attached hydrogens (tertiary/aromatic N) is 2. The molecule has 0 aliphatic carbocycles. The molecular formula is C29H25N3O3S. The Morgan fingerprint density at radius 3 is 2.31 bits per heavy atom. The molecule has 0 spiro atoms. The molecule has 7 heteroatoms. The van der Waals surface area contributed by atoms with E-state index in [-0.39, 0.29) is 21.8 Å². The Bertz CT molecular complexity index is 1570. The second-order valence-corrected chi connectivity index (χ2v) is 9.02. The molecule has 1 amide bonds. The molecule has 0 radical (unpaired) electrons. The molecule has 4 aromatic rings. The number of benzene rings is 3. The lowest BCUT2D eigenvalue weighted by molar-refractivity contribution is -0.116. The summed E-state index contributed by atoms with van der Waals surface area (Å²) in [5.74, 6) is 0.208. The van der Waals surface area contributed by atoms with E-state index < -0.39 is 5.91 Å². The van der Waals surface area contributed by atoms with E-state index in [2.05, 4.69) is 5.32 Å². The van der Waals surface area contributed by atoms with Crippen LogP contribution in [0.1, 0.15) is 31.0 Å². The fourth-order valence-corrected chi connectivity index (χ4v) is 4.83. The summed E-state index contributed by atoms with van der Waals surface area (Å²) in [6.07, 6.45) is 1.76. The maximum Gasteiger partial charge on any atom is 0.273 e. The van der Waals surface area contributed by atoms with Gasteiger partial charge in [0.1, 0.15) is 16.5 Å². The summed E-state index contributed by atoms with van der Waals surface area (Å²) in [6, 6.07) is 27.6. The molecule has 36 heavy (non-hydrogen) atoms. The first-order valence-corrected chi connectivity index (χ1v) is 12.4. The maximum absolute atomic E-state index is 13.5. The summed E-state index contributed by atoms with van der Waals surface area (Å²) in [6.45, 7) is 4.34. The third-order valence-corrected chi connectivity index (χ3v) is 6.62. The van der Waals surface area contributed by atoms with Crippen molar-refractivity contribution in [2.24, 2.45) is 0 Å². The monoisotopic (exact) mass is 495 g/mol. The first-order chi connectivity index (χ1) is 17.5. The summed E-state index contributed by atoms with van der Waals surface area (Å²) >= 11 is 1.12. The van der Waals surface area contributed by atoms with Gasteiger partial charge in [-0.3, -0.25) is 14.2 Å². The minimum atomic E-state index is -0.535. The van der Waals surface area contributed by atoms with E-state index in [1.807, 2.05) is 92.7 Å². The predicted octanol–water partition coefficient (Wildman–Crippen LogP) is 3.68. The van der Waals surface area contributed by atoms with Crippen LogP contribution in [0.15, 0.2) is 89.7 Å². The van der Waals surface area contributed by atoms with Gasteiger partial charge in [0, 0.05) is 0 Å². The van der Waals surface area contributed by atoms with Crippen molar-refractivity contribution in [1.82, 2.24) is 9.88 Å². The fourth-order valence-electron chi connectivity index (χ4n) is 3.73. The molecule has 1 aromatic heterocycles. The van der Waals surface area contributed by atoms with Crippen molar-refractivity contribution in [1.29, 1.82) is 5.26 Å². The van der Waals surface area contributed by atoms with Crippen molar-refractivity contribution in [3.8, 4) is 17.5 Å². The Kier molecular flexibility index (Phi) is 7.79. The van der Waals surface area contributed by atoms with E-state index in [0.29, 0.717) is 16.8 Å². The number of amides is 1. The molecule has 0 aliphatic heterocycles. The van der Waals surface area contributed by atoms with Crippen LogP contribution in [0.25, 0.3) is 17.3 Å². The lowest BCUT2D eigenvalue weighted by Crippen LogP contribution is -2.34. The Labute approximate surface area is 213 Å². The van der Waals surface area contributed by atoms with E-state index in [1.54, 1.807) is 18.2 Å². The van der Waals surface area contributed by atoms with Crippen LogP contribution in [0.3, 0.4) is 0 Å². The molecule has 6 nitrogen and oxygen atoms in total. The summed E-state index contributed by atoms with van der Waals surface area (Å²) in [5.41, 5.74) is 1.89. The number of hydrogen-bond acceptors (Lipinski definition) is 5. The standard InChI is InChI=1S/C29H25N3O3S/c1-3-35-24-16-14-21(15-17-24)18-26-28(34)32(23-12-8-5-9-13-23)29(36-26)25(19-30)27(33)31-20(2)22-10-6-4-7-11-22/h4-18,20H,3H2,1-2H3,(H,31,33)/b26-18+,29-25-/t20-/m0/s1. The lowest BCUT2D eigenvalue weighted by Gasteiger charge is -2.13. The molecule has 0 saturated heterocycles. The Hall–Kier alpha value is -4.41. The highest BCUT2D eigenvalue weighted by Gasteiger charge is 2.19. The number of carbonyl (C=O) groups excluding carboxylic acids is 1. The van der Waals surface area contributed by atoms with Crippen molar-refractivity contribution in [3.05, 3.63) is 116 Å². The molecule has 3 aromatic carbocycles. The van der Waals surface area contributed by atoms with Gasteiger partial charge in [-0.05, 0) is 55.3 Å². The van der Waals surface area contributed by atoms with E-state index in [4.69, 9.17) is 4.74 Å². The van der Waals surface area contributed by atoms with Crippen LogP contribution in [-0.2, 0) is 4.79 Å². The van der Waals surface area contributed by atoms with Gasteiger partial charge in [-0.15, -0.1) is 11.3 Å². The minimum absolute atomic E-state index is 0.116. The average Bonchev–Trinajstić information content (AvgIpc) is 3.22. The second-order valence-electron chi connectivity index (χ2n) is 7.99. The third kappa shape index (κ3) is 5.45. The zero-order valence-corrected chi connectivity index (χ0v) is 20.8. The number of aromatic nitrogens is 1. The van der Waals surface area contributed by atoms with Crippen LogP contribution in [0, 0.1) is 11.3 Å². The molecule has 0 aliphatic rings. The molecule has 1 atom stereocenters. The molecule has 180 valence electrons. The molecule has 4 rings (SSSR count). The van der Waals surface area contributed by atoms with Crippen molar-refractivity contribution in [2.75, 3.05) is 6.61 Å². The largest absolute Gasteiger partial charge is 0.494 e. The highest BCUT2D eigenvalue weighted by atomic mass is 32.1. The average molecular weight is 496 g/mol. The SMILES string of the molecule is CCOc1ccc(/C=c2/s/c(=C(/C#N)C(=O)N[C@@H](C)c3ccccc3)n(-c3ccccc3)c2=O)cc1. The Balaban J connectivity index is 1.85. The van der Waals surface area contributed by atoms with Gasteiger partial charge in [-0.1, -0.05) is 60.7 Å². The molecule has 1 heterocycles. The van der Waals surface area contributed by atoms with Gasteiger partial charge < -0.3 is 10.1 Å². The number of hydrogen-bond donors (Lipinski definition) is 1.